The Morgan fingerprint density at radius 3 is 2.60 bits per heavy atom. The van der Waals surface area contributed by atoms with Gasteiger partial charge in [0, 0.05) is 31.4 Å². The molecule has 2 saturated carbocycles. The molecule has 1 heterocycles. The Morgan fingerprint density at radius 1 is 1.13 bits per heavy atom. The summed E-state index contributed by atoms with van der Waals surface area (Å²) in [6.45, 7) is 3.96. The number of fused-ring (bicyclic) bond motifs is 1. The standard InChI is InChI=1S/C25H36N2O3/c1-2-30-18-10-17-26-23(28)22-20-13-6-7-14-21(20)24(29)27(19-11-4-5-12-19)25(22)15-8-3-9-16-25/h6-7,13-14,19,22H,2-5,8-12,15-18H2,1H3,(H,26,28)/t22-/m1/s1. The largest absolute Gasteiger partial charge is 0.382 e. The third kappa shape index (κ3) is 3.89. The van der Waals surface area contributed by atoms with Crippen LogP contribution in [0.1, 0.15) is 93.0 Å². The van der Waals surface area contributed by atoms with Gasteiger partial charge in [0.15, 0.2) is 0 Å². The van der Waals surface area contributed by atoms with Crippen LogP contribution in [-0.4, -0.2) is 48.1 Å². The van der Waals surface area contributed by atoms with Gasteiger partial charge in [-0.25, -0.2) is 0 Å². The maximum absolute atomic E-state index is 13.8. The molecule has 4 rings (SSSR count). The minimum Gasteiger partial charge on any atom is -0.382 e. The second kappa shape index (κ2) is 9.51. The van der Waals surface area contributed by atoms with Crippen LogP contribution in [0.5, 0.6) is 0 Å². The summed E-state index contributed by atoms with van der Waals surface area (Å²) in [6, 6.07) is 8.12. The fourth-order valence-corrected chi connectivity index (χ4v) is 6.11. The molecule has 3 aliphatic rings. The molecule has 1 aromatic rings. The molecular formula is C25H36N2O3. The molecule has 0 radical (unpaired) electrons. The zero-order valence-electron chi connectivity index (χ0n) is 18.3. The van der Waals surface area contributed by atoms with Crippen molar-refractivity contribution in [2.45, 2.75) is 88.6 Å². The van der Waals surface area contributed by atoms with E-state index in [1.165, 1.54) is 19.3 Å². The van der Waals surface area contributed by atoms with Gasteiger partial charge < -0.3 is 15.0 Å². The number of rotatable bonds is 7. The van der Waals surface area contributed by atoms with Crippen LogP contribution in [0.4, 0.5) is 0 Å². The summed E-state index contributed by atoms with van der Waals surface area (Å²) < 4.78 is 5.42. The molecule has 0 saturated heterocycles. The van der Waals surface area contributed by atoms with Gasteiger partial charge in [0.2, 0.25) is 5.91 Å². The summed E-state index contributed by atoms with van der Waals surface area (Å²) in [7, 11) is 0. The second-order valence-electron chi connectivity index (χ2n) is 9.14. The molecule has 5 heteroatoms. The Labute approximate surface area is 180 Å². The van der Waals surface area contributed by atoms with E-state index < -0.39 is 0 Å². The number of nitrogens with zero attached hydrogens (tertiary/aromatic N) is 1. The Hall–Kier alpha value is -1.88. The number of ether oxygens (including phenoxy) is 1. The molecular weight excluding hydrogens is 376 g/mol. The van der Waals surface area contributed by atoms with Crippen LogP contribution >= 0.6 is 0 Å². The maximum atomic E-state index is 13.8. The van der Waals surface area contributed by atoms with Crippen molar-refractivity contribution in [2.24, 2.45) is 0 Å². The van der Waals surface area contributed by atoms with Gasteiger partial charge in [-0.05, 0) is 50.7 Å². The summed E-state index contributed by atoms with van der Waals surface area (Å²) >= 11 is 0. The zero-order chi connectivity index (χ0) is 21.0. The first kappa shape index (κ1) is 21.4. The van der Waals surface area contributed by atoms with E-state index in [0.29, 0.717) is 19.8 Å². The Morgan fingerprint density at radius 2 is 1.87 bits per heavy atom. The van der Waals surface area contributed by atoms with E-state index in [1.54, 1.807) is 0 Å². The summed E-state index contributed by atoms with van der Waals surface area (Å²) in [5.74, 6) is -0.0458. The molecule has 2 aliphatic carbocycles. The lowest BCUT2D eigenvalue weighted by Gasteiger charge is -2.56. The highest BCUT2D eigenvalue weighted by molar-refractivity contribution is 6.02. The predicted octanol–water partition coefficient (Wildman–Crippen LogP) is 4.41. The third-order valence-corrected chi connectivity index (χ3v) is 7.38. The van der Waals surface area contributed by atoms with Gasteiger partial charge >= 0.3 is 0 Å². The molecule has 0 aromatic heterocycles. The minimum atomic E-state index is -0.372. The van der Waals surface area contributed by atoms with E-state index in [1.807, 2.05) is 31.2 Å². The first-order valence-electron chi connectivity index (χ1n) is 12.0. The molecule has 2 fully saturated rings. The topological polar surface area (TPSA) is 58.6 Å². The van der Waals surface area contributed by atoms with E-state index >= 15 is 0 Å². The number of hydrogen-bond donors (Lipinski definition) is 1. The summed E-state index contributed by atoms with van der Waals surface area (Å²) in [5.41, 5.74) is 1.29. The summed E-state index contributed by atoms with van der Waals surface area (Å²) in [5, 5.41) is 3.19. The molecule has 1 atom stereocenters. The van der Waals surface area contributed by atoms with Crippen molar-refractivity contribution >= 4 is 11.8 Å². The molecule has 0 unspecified atom stereocenters. The molecule has 30 heavy (non-hydrogen) atoms. The van der Waals surface area contributed by atoms with Crippen LogP contribution < -0.4 is 5.32 Å². The van der Waals surface area contributed by atoms with Gasteiger partial charge in [-0.15, -0.1) is 0 Å². The van der Waals surface area contributed by atoms with E-state index in [0.717, 1.165) is 56.1 Å². The fourth-order valence-electron chi connectivity index (χ4n) is 6.11. The van der Waals surface area contributed by atoms with Crippen molar-refractivity contribution in [3.8, 4) is 0 Å². The quantitative estimate of drug-likeness (QED) is 0.675. The van der Waals surface area contributed by atoms with E-state index in [4.69, 9.17) is 4.74 Å². The van der Waals surface area contributed by atoms with Crippen molar-refractivity contribution in [3.63, 3.8) is 0 Å². The minimum absolute atomic E-state index is 0.0799. The number of benzene rings is 1. The first-order chi connectivity index (χ1) is 14.7. The number of carbonyl (C=O) groups is 2. The average molecular weight is 413 g/mol. The summed E-state index contributed by atoms with van der Waals surface area (Å²) in [6.07, 6.45) is 10.5. The SMILES string of the molecule is CCOCCCNC(=O)[C@H]1c2ccccc2C(=O)N(C2CCCC2)C12CCCCC2. The lowest BCUT2D eigenvalue weighted by Crippen LogP contribution is -2.65. The first-order valence-corrected chi connectivity index (χ1v) is 12.0. The fraction of sp³-hybridized carbons (Fsp3) is 0.680. The van der Waals surface area contributed by atoms with Crippen LogP contribution in [0.15, 0.2) is 24.3 Å². The molecule has 2 amide bonds. The molecule has 1 aliphatic heterocycles. The highest BCUT2D eigenvalue weighted by atomic mass is 16.5. The molecule has 164 valence electrons. The van der Waals surface area contributed by atoms with Crippen molar-refractivity contribution in [2.75, 3.05) is 19.8 Å². The number of carbonyl (C=O) groups excluding carboxylic acids is 2. The maximum Gasteiger partial charge on any atom is 0.254 e. The smallest absolute Gasteiger partial charge is 0.254 e. The molecule has 0 bridgehead atoms. The normalized spacial score (nSPS) is 23.6. The van der Waals surface area contributed by atoms with Gasteiger partial charge in [-0.3, -0.25) is 9.59 Å². The van der Waals surface area contributed by atoms with Crippen molar-refractivity contribution in [3.05, 3.63) is 35.4 Å². The van der Waals surface area contributed by atoms with Crippen LogP contribution in [0.2, 0.25) is 0 Å². The zero-order valence-corrected chi connectivity index (χ0v) is 18.3. The lowest BCUT2D eigenvalue weighted by atomic mass is 9.64. The van der Waals surface area contributed by atoms with Gasteiger partial charge in [0.25, 0.3) is 5.91 Å². The molecule has 5 nitrogen and oxygen atoms in total. The van der Waals surface area contributed by atoms with Crippen LogP contribution in [0, 0.1) is 0 Å². The van der Waals surface area contributed by atoms with Gasteiger partial charge in [0.1, 0.15) is 0 Å². The van der Waals surface area contributed by atoms with E-state index in [2.05, 4.69) is 10.2 Å². The van der Waals surface area contributed by atoms with Crippen molar-refractivity contribution < 1.29 is 14.3 Å². The molecule has 1 spiro atoms. The predicted molar refractivity (Wildman–Crippen MR) is 118 cm³/mol. The number of amides is 2. The molecule has 1 aromatic carbocycles. The van der Waals surface area contributed by atoms with E-state index in [9.17, 15) is 9.59 Å². The summed E-state index contributed by atoms with van der Waals surface area (Å²) in [4.78, 5) is 29.6. The number of nitrogens with one attached hydrogen (secondary N) is 1. The van der Waals surface area contributed by atoms with E-state index in [-0.39, 0.29) is 29.3 Å². The Kier molecular flexibility index (Phi) is 6.77. The van der Waals surface area contributed by atoms with Crippen LogP contribution in [0.3, 0.4) is 0 Å². The van der Waals surface area contributed by atoms with Crippen LogP contribution in [0.25, 0.3) is 0 Å². The third-order valence-electron chi connectivity index (χ3n) is 7.38. The molecule has 1 N–H and O–H groups in total. The highest BCUT2D eigenvalue weighted by Crippen LogP contribution is 2.51. The van der Waals surface area contributed by atoms with Crippen molar-refractivity contribution in [1.29, 1.82) is 0 Å². The van der Waals surface area contributed by atoms with Gasteiger partial charge in [0.05, 0.1) is 11.5 Å². The Balaban J connectivity index is 1.69. The van der Waals surface area contributed by atoms with Crippen LogP contribution in [-0.2, 0) is 9.53 Å². The number of hydrogen-bond acceptors (Lipinski definition) is 3. The Bertz CT molecular complexity index is 751. The second-order valence-corrected chi connectivity index (χ2v) is 9.14. The van der Waals surface area contributed by atoms with Gasteiger partial charge in [-0.2, -0.15) is 0 Å². The van der Waals surface area contributed by atoms with Crippen molar-refractivity contribution in [1.82, 2.24) is 10.2 Å². The lowest BCUT2D eigenvalue weighted by molar-refractivity contribution is -0.128. The monoisotopic (exact) mass is 412 g/mol. The van der Waals surface area contributed by atoms with Gasteiger partial charge in [-0.1, -0.05) is 50.3 Å². The highest BCUT2D eigenvalue weighted by Gasteiger charge is 2.56. The average Bonchev–Trinajstić information content (AvgIpc) is 3.28.